The normalized spacial score (nSPS) is 10.9. The smallest absolute Gasteiger partial charge is 0.124 e. The Morgan fingerprint density at radius 1 is 1.14 bits per heavy atom. The van der Waals surface area contributed by atoms with Gasteiger partial charge in [0.15, 0.2) is 0 Å². The van der Waals surface area contributed by atoms with E-state index in [4.69, 9.17) is 4.74 Å². The summed E-state index contributed by atoms with van der Waals surface area (Å²) in [7, 11) is 0. The molecule has 0 aromatic heterocycles. The molecular formula is C17H19BrFNO. The summed E-state index contributed by atoms with van der Waals surface area (Å²) in [5, 5.41) is 3.37. The third-order valence-electron chi connectivity index (χ3n) is 2.94. The Kier molecular flexibility index (Phi) is 5.76. The molecule has 112 valence electrons. The summed E-state index contributed by atoms with van der Waals surface area (Å²) < 4.78 is 19.8. The monoisotopic (exact) mass is 351 g/mol. The Bertz CT molecular complexity index is 581. The predicted molar refractivity (Wildman–Crippen MR) is 86.8 cm³/mol. The topological polar surface area (TPSA) is 21.3 Å². The quantitative estimate of drug-likeness (QED) is 0.816. The average Bonchev–Trinajstić information content (AvgIpc) is 2.42. The van der Waals surface area contributed by atoms with Gasteiger partial charge in [0, 0.05) is 17.1 Å². The van der Waals surface area contributed by atoms with E-state index >= 15 is 0 Å². The highest BCUT2D eigenvalue weighted by atomic mass is 79.9. The summed E-state index contributed by atoms with van der Waals surface area (Å²) in [4.78, 5) is 0. The number of benzene rings is 2. The van der Waals surface area contributed by atoms with Crippen molar-refractivity contribution in [3.8, 4) is 5.75 Å². The summed E-state index contributed by atoms with van der Waals surface area (Å²) in [5.41, 5.74) is 1.97. The van der Waals surface area contributed by atoms with Gasteiger partial charge in [-0.05, 0) is 41.5 Å². The molecule has 4 heteroatoms. The maximum atomic E-state index is 13.3. The van der Waals surface area contributed by atoms with Crippen LogP contribution in [-0.2, 0) is 13.2 Å². The van der Waals surface area contributed by atoms with Crippen molar-refractivity contribution in [2.24, 2.45) is 0 Å². The van der Waals surface area contributed by atoms with Gasteiger partial charge >= 0.3 is 0 Å². The predicted octanol–water partition coefficient (Wildman–Crippen LogP) is 4.67. The van der Waals surface area contributed by atoms with Crippen LogP contribution in [0.15, 0.2) is 46.9 Å². The van der Waals surface area contributed by atoms with Crippen molar-refractivity contribution in [1.82, 2.24) is 5.32 Å². The first-order valence-electron chi connectivity index (χ1n) is 6.93. The molecule has 0 aliphatic heterocycles. The van der Waals surface area contributed by atoms with E-state index < -0.39 is 0 Å². The molecule has 0 atom stereocenters. The minimum absolute atomic E-state index is 0.266. The van der Waals surface area contributed by atoms with Crippen molar-refractivity contribution in [1.29, 1.82) is 0 Å². The second-order valence-corrected chi connectivity index (χ2v) is 6.17. The van der Waals surface area contributed by atoms with Crippen molar-refractivity contribution < 1.29 is 9.13 Å². The van der Waals surface area contributed by atoms with Gasteiger partial charge in [-0.15, -0.1) is 0 Å². The lowest BCUT2D eigenvalue weighted by molar-refractivity contribution is 0.305. The fourth-order valence-corrected chi connectivity index (χ4v) is 2.44. The number of halogens is 2. The second kappa shape index (κ2) is 7.57. The minimum Gasteiger partial charge on any atom is -0.489 e. The van der Waals surface area contributed by atoms with Gasteiger partial charge in [0.2, 0.25) is 0 Å². The summed E-state index contributed by atoms with van der Waals surface area (Å²) in [6.07, 6.45) is 0. The van der Waals surface area contributed by atoms with Crippen LogP contribution in [0.2, 0.25) is 0 Å². The lowest BCUT2D eigenvalue weighted by Crippen LogP contribution is -2.21. The van der Waals surface area contributed by atoms with Gasteiger partial charge in [-0.2, -0.15) is 0 Å². The standard InChI is InChI=1S/C17H19BrFNO/c1-12(2)20-10-13-4-3-5-17(8-13)21-11-14-6-15(18)9-16(19)7-14/h3-9,12,20H,10-11H2,1-2H3. The molecule has 0 saturated heterocycles. The molecule has 0 heterocycles. The molecule has 1 N–H and O–H groups in total. The van der Waals surface area contributed by atoms with Gasteiger partial charge in [-0.25, -0.2) is 4.39 Å². The van der Waals surface area contributed by atoms with E-state index in [1.54, 1.807) is 0 Å². The molecule has 0 aliphatic rings. The number of rotatable bonds is 6. The summed E-state index contributed by atoms with van der Waals surface area (Å²) >= 11 is 3.28. The maximum absolute atomic E-state index is 13.3. The van der Waals surface area contributed by atoms with Crippen molar-refractivity contribution in [3.05, 3.63) is 63.9 Å². The molecule has 2 rings (SSSR count). The van der Waals surface area contributed by atoms with Crippen LogP contribution in [-0.4, -0.2) is 6.04 Å². The Morgan fingerprint density at radius 2 is 1.95 bits per heavy atom. The van der Waals surface area contributed by atoms with Gasteiger partial charge in [0.25, 0.3) is 0 Å². The van der Waals surface area contributed by atoms with E-state index in [2.05, 4.69) is 41.2 Å². The van der Waals surface area contributed by atoms with Crippen LogP contribution in [0.1, 0.15) is 25.0 Å². The number of hydrogen-bond donors (Lipinski definition) is 1. The van der Waals surface area contributed by atoms with Crippen molar-refractivity contribution >= 4 is 15.9 Å². The van der Waals surface area contributed by atoms with Crippen LogP contribution in [0.3, 0.4) is 0 Å². The first kappa shape index (κ1) is 16.0. The Labute approximate surface area is 133 Å². The molecule has 0 amide bonds. The fourth-order valence-electron chi connectivity index (χ4n) is 1.93. The third kappa shape index (κ3) is 5.48. The van der Waals surface area contributed by atoms with Crippen LogP contribution in [0, 0.1) is 5.82 Å². The van der Waals surface area contributed by atoms with Crippen LogP contribution >= 0.6 is 15.9 Å². The van der Waals surface area contributed by atoms with E-state index in [0.717, 1.165) is 22.3 Å². The summed E-state index contributed by atoms with van der Waals surface area (Å²) in [5.74, 6) is 0.524. The highest BCUT2D eigenvalue weighted by Crippen LogP contribution is 2.18. The van der Waals surface area contributed by atoms with Gasteiger partial charge in [0.1, 0.15) is 18.2 Å². The first-order chi connectivity index (χ1) is 10.0. The highest BCUT2D eigenvalue weighted by molar-refractivity contribution is 9.10. The molecular weight excluding hydrogens is 333 g/mol. The Hall–Kier alpha value is -1.39. The Balaban J connectivity index is 1.98. The van der Waals surface area contributed by atoms with Crippen LogP contribution in [0.5, 0.6) is 5.75 Å². The van der Waals surface area contributed by atoms with Crippen LogP contribution in [0.4, 0.5) is 4.39 Å². The first-order valence-corrected chi connectivity index (χ1v) is 7.72. The van der Waals surface area contributed by atoms with E-state index in [0.29, 0.717) is 12.6 Å². The van der Waals surface area contributed by atoms with Gasteiger partial charge in [-0.1, -0.05) is 41.9 Å². The second-order valence-electron chi connectivity index (χ2n) is 5.25. The molecule has 2 nitrogen and oxygen atoms in total. The third-order valence-corrected chi connectivity index (χ3v) is 3.40. The molecule has 0 radical (unpaired) electrons. The maximum Gasteiger partial charge on any atom is 0.124 e. The molecule has 2 aromatic rings. The number of nitrogens with one attached hydrogen (secondary N) is 1. The molecule has 0 fully saturated rings. The molecule has 0 saturated carbocycles. The average molecular weight is 352 g/mol. The lowest BCUT2D eigenvalue weighted by atomic mass is 10.2. The molecule has 0 spiro atoms. The fraction of sp³-hybridized carbons (Fsp3) is 0.294. The molecule has 2 aromatic carbocycles. The van der Waals surface area contributed by atoms with Crippen LogP contribution < -0.4 is 10.1 Å². The zero-order valence-corrected chi connectivity index (χ0v) is 13.8. The van der Waals surface area contributed by atoms with Crippen molar-refractivity contribution in [3.63, 3.8) is 0 Å². The lowest BCUT2D eigenvalue weighted by Gasteiger charge is -2.11. The van der Waals surface area contributed by atoms with Gasteiger partial charge < -0.3 is 10.1 Å². The Morgan fingerprint density at radius 3 is 2.67 bits per heavy atom. The summed E-state index contributed by atoms with van der Waals surface area (Å²) in [6.45, 7) is 5.38. The summed E-state index contributed by atoms with van der Waals surface area (Å²) in [6, 6.07) is 13.1. The molecule has 0 aliphatic carbocycles. The van der Waals surface area contributed by atoms with Gasteiger partial charge in [0.05, 0.1) is 0 Å². The zero-order valence-electron chi connectivity index (χ0n) is 12.2. The number of ether oxygens (including phenoxy) is 1. The van der Waals surface area contributed by atoms with Crippen molar-refractivity contribution in [2.75, 3.05) is 0 Å². The largest absolute Gasteiger partial charge is 0.489 e. The molecule has 0 bridgehead atoms. The number of hydrogen-bond acceptors (Lipinski definition) is 2. The molecule has 0 unspecified atom stereocenters. The van der Waals surface area contributed by atoms with E-state index in [1.165, 1.54) is 17.7 Å². The highest BCUT2D eigenvalue weighted by Gasteiger charge is 2.02. The van der Waals surface area contributed by atoms with Crippen molar-refractivity contribution in [2.45, 2.75) is 33.0 Å². The van der Waals surface area contributed by atoms with Crippen LogP contribution in [0.25, 0.3) is 0 Å². The van der Waals surface area contributed by atoms with E-state index in [-0.39, 0.29) is 5.82 Å². The van der Waals surface area contributed by atoms with Gasteiger partial charge in [-0.3, -0.25) is 0 Å². The molecule has 21 heavy (non-hydrogen) atoms. The minimum atomic E-state index is -0.266. The zero-order chi connectivity index (χ0) is 15.2. The van der Waals surface area contributed by atoms with E-state index in [9.17, 15) is 4.39 Å². The van der Waals surface area contributed by atoms with E-state index in [1.807, 2.05) is 24.3 Å². The SMILES string of the molecule is CC(C)NCc1cccc(OCc2cc(F)cc(Br)c2)c1.